The van der Waals surface area contributed by atoms with Crippen LogP contribution < -0.4 is 5.32 Å². The summed E-state index contributed by atoms with van der Waals surface area (Å²) in [5, 5.41) is 3.36. The molecule has 1 fully saturated rings. The highest BCUT2D eigenvalue weighted by atomic mass is 79.9. The molecule has 1 heterocycles. The van der Waals surface area contributed by atoms with Gasteiger partial charge < -0.3 is 5.32 Å². The lowest BCUT2D eigenvalue weighted by molar-refractivity contribution is 0.686. The highest BCUT2D eigenvalue weighted by Crippen LogP contribution is 2.33. The second kappa shape index (κ2) is 5.62. The van der Waals surface area contributed by atoms with Gasteiger partial charge in [-0.15, -0.1) is 0 Å². The van der Waals surface area contributed by atoms with E-state index < -0.39 is 0 Å². The number of halogens is 1. The minimum atomic E-state index is 0.865. The summed E-state index contributed by atoms with van der Waals surface area (Å²) in [6.45, 7) is 3.09. The topological polar surface area (TPSA) is 37.8 Å². The molecule has 3 nitrogen and oxygen atoms in total. The fourth-order valence-electron chi connectivity index (χ4n) is 1.73. The molecule has 0 aliphatic heterocycles. The van der Waals surface area contributed by atoms with Crippen LogP contribution >= 0.6 is 15.9 Å². The number of rotatable bonds is 6. The summed E-state index contributed by atoms with van der Waals surface area (Å²) < 4.78 is 0.865. The smallest absolute Gasteiger partial charge is 0.131 e. The normalized spacial score (nSPS) is 15.1. The Morgan fingerprint density at radius 3 is 2.94 bits per heavy atom. The molecule has 1 aliphatic rings. The Bertz CT molecular complexity index is 350. The third-order valence-electron chi connectivity index (χ3n) is 2.85. The Kier molecular flexibility index (Phi) is 4.16. The maximum absolute atomic E-state index is 4.43. The molecule has 0 amide bonds. The molecule has 0 spiro atoms. The summed E-state index contributed by atoms with van der Waals surface area (Å²) in [7, 11) is 0. The monoisotopic (exact) mass is 283 g/mol. The van der Waals surface area contributed by atoms with Crippen LogP contribution in [0.15, 0.2) is 10.7 Å². The molecule has 1 N–H and O–H groups in total. The van der Waals surface area contributed by atoms with Crippen molar-refractivity contribution in [2.45, 2.75) is 39.0 Å². The van der Waals surface area contributed by atoms with Crippen molar-refractivity contribution in [1.29, 1.82) is 0 Å². The molecular formula is C12H18BrN3. The molecule has 0 saturated heterocycles. The van der Waals surface area contributed by atoms with E-state index in [9.17, 15) is 0 Å². The van der Waals surface area contributed by atoms with E-state index in [0.29, 0.717) is 0 Å². The first-order valence-corrected chi connectivity index (χ1v) is 6.84. The fourth-order valence-corrected chi connectivity index (χ4v) is 2.15. The van der Waals surface area contributed by atoms with Crippen LogP contribution in [0, 0.1) is 5.92 Å². The maximum Gasteiger partial charge on any atom is 0.131 e. The van der Waals surface area contributed by atoms with Gasteiger partial charge in [0.25, 0.3) is 0 Å². The van der Waals surface area contributed by atoms with Crippen LogP contribution in [-0.2, 0) is 6.42 Å². The number of hydrogen-bond acceptors (Lipinski definition) is 3. The molecule has 1 aromatic heterocycles. The molecule has 16 heavy (non-hydrogen) atoms. The quantitative estimate of drug-likeness (QED) is 0.642. The number of anilines is 1. The van der Waals surface area contributed by atoms with Crippen LogP contribution in [0.25, 0.3) is 0 Å². The van der Waals surface area contributed by atoms with Crippen molar-refractivity contribution >= 4 is 21.7 Å². The number of nitrogens with one attached hydrogen (secondary N) is 1. The van der Waals surface area contributed by atoms with E-state index in [1.54, 1.807) is 0 Å². The summed E-state index contributed by atoms with van der Waals surface area (Å²) in [4.78, 5) is 8.72. The molecule has 1 aliphatic carbocycles. The Labute approximate surface area is 105 Å². The average Bonchev–Trinajstić information content (AvgIpc) is 3.07. The van der Waals surface area contributed by atoms with Crippen molar-refractivity contribution in [3.63, 3.8) is 0 Å². The predicted molar refractivity (Wildman–Crippen MR) is 69.6 cm³/mol. The van der Waals surface area contributed by atoms with Gasteiger partial charge in [0.15, 0.2) is 0 Å². The second-order valence-electron chi connectivity index (χ2n) is 4.36. The average molecular weight is 284 g/mol. The minimum Gasteiger partial charge on any atom is -0.370 e. The fraction of sp³-hybridized carbons (Fsp3) is 0.667. The predicted octanol–water partition coefficient (Wildman–Crippen LogP) is 3.40. The van der Waals surface area contributed by atoms with E-state index in [4.69, 9.17) is 0 Å². The van der Waals surface area contributed by atoms with Crippen molar-refractivity contribution in [2.75, 3.05) is 11.9 Å². The SMILES string of the molecule is CCc1nc(Br)cc(NCCCC2CC2)n1. The van der Waals surface area contributed by atoms with Gasteiger partial charge in [-0.1, -0.05) is 19.8 Å². The minimum absolute atomic E-state index is 0.865. The van der Waals surface area contributed by atoms with E-state index in [1.165, 1.54) is 25.7 Å². The van der Waals surface area contributed by atoms with Gasteiger partial charge in [-0.05, 0) is 34.7 Å². The lowest BCUT2D eigenvalue weighted by atomic mass is 10.2. The largest absolute Gasteiger partial charge is 0.370 e. The van der Waals surface area contributed by atoms with Crippen molar-refractivity contribution in [1.82, 2.24) is 9.97 Å². The van der Waals surface area contributed by atoms with E-state index in [0.717, 1.165) is 35.1 Å². The van der Waals surface area contributed by atoms with Crippen molar-refractivity contribution in [3.05, 3.63) is 16.5 Å². The van der Waals surface area contributed by atoms with Crippen molar-refractivity contribution in [2.24, 2.45) is 5.92 Å². The number of aryl methyl sites for hydroxylation is 1. The van der Waals surface area contributed by atoms with Crippen LogP contribution in [0.1, 0.15) is 38.4 Å². The van der Waals surface area contributed by atoms with Gasteiger partial charge >= 0.3 is 0 Å². The summed E-state index contributed by atoms with van der Waals surface area (Å²) >= 11 is 3.40. The summed E-state index contributed by atoms with van der Waals surface area (Å²) in [6, 6.07) is 1.94. The molecule has 88 valence electrons. The molecule has 0 unspecified atom stereocenters. The molecule has 1 aromatic rings. The Balaban J connectivity index is 1.80. The lowest BCUT2D eigenvalue weighted by Crippen LogP contribution is -2.06. The zero-order chi connectivity index (χ0) is 11.4. The van der Waals surface area contributed by atoms with Crippen LogP contribution in [0.2, 0.25) is 0 Å². The first-order chi connectivity index (χ1) is 7.78. The van der Waals surface area contributed by atoms with Crippen LogP contribution in [-0.4, -0.2) is 16.5 Å². The zero-order valence-corrected chi connectivity index (χ0v) is 11.3. The van der Waals surface area contributed by atoms with Gasteiger partial charge in [-0.3, -0.25) is 0 Å². The number of hydrogen-bond donors (Lipinski definition) is 1. The molecule has 0 radical (unpaired) electrons. The van der Waals surface area contributed by atoms with Crippen molar-refractivity contribution in [3.8, 4) is 0 Å². The Morgan fingerprint density at radius 2 is 2.25 bits per heavy atom. The third-order valence-corrected chi connectivity index (χ3v) is 3.26. The van der Waals surface area contributed by atoms with Crippen LogP contribution in [0.3, 0.4) is 0 Å². The highest BCUT2D eigenvalue weighted by molar-refractivity contribution is 9.10. The van der Waals surface area contributed by atoms with Gasteiger partial charge in [0, 0.05) is 19.0 Å². The zero-order valence-electron chi connectivity index (χ0n) is 9.67. The van der Waals surface area contributed by atoms with Gasteiger partial charge in [-0.2, -0.15) is 0 Å². The summed E-state index contributed by atoms with van der Waals surface area (Å²) in [5.41, 5.74) is 0. The first-order valence-electron chi connectivity index (χ1n) is 6.05. The number of nitrogens with zero attached hydrogens (tertiary/aromatic N) is 2. The molecule has 0 atom stereocenters. The Hall–Kier alpha value is -0.640. The third kappa shape index (κ3) is 3.74. The standard InChI is InChI=1S/C12H18BrN3/c1-2-11-15-10(13)8-12(16-11)14-7-3-4-9-5-6-9/h8-9H,2-7H2,1H3,(H,14,15,16). The van der Waals surface area contributed by atoms with E-state index in [1.807, 2.05) is 6.07 Å². The maximum atomic E-state index is 4.43. The van der Waals surface area contributed by atoms with Crippen LogP contribution in [0.5, 0.6) is 0 Å². The van der Waals surface area contributed by atoms with E-state index >= 15 is 0 Å². The molecule has 4 heteroatoms. The van der Waals surface area contributed by atoms with Gasteiger partial charge in [0.2, 0.25) is 0 Å². The van der Waals surface area contributed by atoms with E-state index in [2.05, 4.69) is 38.1 Å². The molecule has 0 bridgehead atoms. The van der Waals surface area contributed by atoms with Gasteiger partial charge in [0.1, 0.15) is 16.2 Å². The molecular weight excluding hydrogens is 266 g/mol. The highest BCUT2D eigenvalue weighted by Gasteiger charge is 2.19. The number of aromatic nitrogens is 2. The second-order valence-corrected chi connectivity index (χ2v) is 5.17. The first kappa shape index (κ1) is 11.8. The van der Waals surface area contributed by atoms with Crippen LogP contribution in [0.4, 0.5) is 5.82 Å². The summed E-state index contributed by atoms with van der Waals surface area (Å²) in [5.74, 6) is 2.85. The Morgan fingerprint density at radius 1 is 1.44 bits per heavy atom. The van der Waals surface area contributed by atoms with Gasteiger partial charge in [0.05, 0.1) is 0 Å². The molecule has 1 saturated carbocycles. The van der Waals surface area contributed by atoms with Crippen molar-refractivity contribution < 1.29 is 0 Å². The molecule has 0 aromatic carbocycles. The molecule has 2 rings (SSSR count). The van der Waals surface area contributed by atoms with Gasteiger partial charge in [-0.25, -0.2) is 9.97 Å². The summed E-state index contributed by atoms with van der Waals surface area (Å²) in [6.07, 6.45) is 6.36. The lowest BCUT2D eigenvalue weighted by Gasteiger charge is -2.06. The van der Waals surface area contributed by atoms with E-state index in [-0.39, 0.29) is 0 Å².